The minimum Gasteiger partial charge on any atom is -0.333 e. The maximum Gasteiger partial charge on any atom is 0.272 e. The molecule has 26 heavy (non-hydrogen) atoms. The van der Waals surface area contributed by atoms with E-state index in [2.05, 4.69) is 32.7 Å². The van der Waals surface area contributed by atoms with Gasteiger partial charge in [-0.2, -0.15) is 0 Å². The molecule has 1 aromatic rings. The van der Waals surface area contributed by atoms with Crippen LogP contribution in [0.15, 0.2) is 18.3 Å². The van der Waals surface area contributed by atoms with Crippen molar-refractivity contribution in [3.63, 3.8) is 0 Å². The number of hydrogen-bond acceptors (Lipinski definition) is 3. The van der Waals surface area contributed by atoms with Crippen LogP contribution in [0.5, 0.6) is 0 Å². The van der Waals surface area contributed by atoms with E-state index >= 15 is 0 Å². The molecular formula is C21H31N3O2. The molecular weight excluding hydrogens is 326 g/mol. The summed E-state index contributed by atoms with van der Waals surface area (Å²) in [7, 11) is 0. The smallest absolute Gasteiger partial charge is 0.272 e. The molecule has 0 aromatic carbocycles. The van der Waals surface area contributed by atoms with Crippen LogP contribution in [0.3, 0.4) is 0 Å². The molecule has 0 aliphatic carbocycles. The van der Waals surface area contributed by atoms with Gasteiger partial charge < -0.3 is 9.80 Å². The number of aromatic nitrogens is 1. The lowest BCUT2D eigenvalue weighted by molar-refractivity contribution is 0.0492. The number of likely N-dealkylation sites (tertiary alicyclic amines) is 2. The largest absolute Gasteiger partial charge is 0.333 e. The summed E-state index contributed by atoms with van der Waals surface area (Å²) in [4.78, 5) is 34.0. The second-order valence-corrected chi connectivity index (χ2v) is 8.11. The Hall–Kier alpha value is -1.91. The Morgan fingerprint density at radius 3 is 1.69 bits per heavy atom. The van der Waals surface area contributed by atoms with Crippen molar-refractivity contribution in [1.29, 1.82) is 0 Å². The highest BCUT2D eigenvalue weighted by Gasteiger charge is 2.32. The first-order valence-corrected chi connectivity index (χ1v) is 10.0. The number of nitrogens with zero attached hydrogens (tertiary/aromatic N) is 3. The molecule has 142 valence electrons. The first kappa shape index (κ1) is 18.9. The van der Waals surface area contributed by atoms with Crippen LogP contribution in [-0.4, -0.2) is 50.8 Å². The Morgan fingerprint density at radius 1 is 0.808 bits per heavy atom. The molecule has 3 heterocycles. The van der Waals surface area contributed by atoms with Gasteiger partial charge in [-0.15, -0.1) is 0 Å². The highest BCUT2D eigenvalue weighted by Crippen LogP contribution is 2.26. The molecule has 2 fully saturated rings. The van der Waals surface area contributed by atoms with Crippen molar-refractivity contribution < 1.29 is 9.59 Å². The van der Waals surface area contributed by atoms with E-state index in [1.54, 1.807) is 18.3 Å². The molecule has 0 N–H and O–H groups in total. The summed E-state index contributed by atoms with van der Waals surface area (Å²) >= 11 is 0. The van der Waals surface area contributed by atoms with E-state index in [-0.39, 0.29) is 36.0 Å². The fourth-order valence-electron chi connectivity index (χ4n) is 4.57. The number of hydrogen-bond donors (Lipinski definition) is 0. The summed E-state index contributed by atoms with van der Waals surface area (Å²) in [6.07, 6.45) is 8.08. The van der Waals surface area contributed by atoms with E-state index in [9.17, 15) is 9.59 Å². The number of amides is 2. The third kappa shape index (κ3) is 3.62. The van der Waals surface area contributed by atoms with Crippen LogP contribution in [0.2, 0.25) is 0 Å². The van der Waals surface area contributed by atoms with E-state index in [1.807, 2.05) is 9.80 Å². The average molecular weight is 357 g/mol. The number of pyridine rings is 1. The number of carbonyl (C=O) groups excluding carboxylic acids is 2. The third-order valence-electron chi connectivity index (χ3n) is 6.09. The van der Waals surface area contributed by atoms with Crippen LogP contribution in [0.4, 0.5) is 0 Å². The van der Waals surface area contributed by atoms with Crippen molar-refractivity contribution in [2.45, 2.75) is 90.4 Å². The zero-order valence-electron chi connectivity index (χ0n) is 16.4. The molecule has 5 nitrogen and oxygen atoms in total. The van der Waals surface area contributed by atoms with Crippen LogP contribution < -0.4 is 0 Å². The maximum atomic E-state index is 12.9. The first-order valence-electron chi connectivity index (χ1n) is 10.0. The molecule has 2 aliphatic heterocycles. The molecule has 0 bridgehead atoms. The van der Waals surface area contributed by atoms with Gasteiger partial charge in [-0.1, -0.05) is 0 Å². The SMILES string of the molecule is C[C@@H]1CCC[C@@H](C)N1C(=O)c1ccc(C(=O)N2[C@H](C)CCC[C@@H]2C)cn1. The summed E-state index contributed by atoms with van der Waals surface area (Å²) < 4.78 is 0. The molecule has 0 spiro atoms. The van der Waals surface area contributed by atoms with Gasteiger partial charge in [0.25, 0.3) is 11.8 Å². The lowest BCUT2D eigenvalue weighted by Crippen LogP contribution is -2.48. The van der Waals surface area contributed by atoms with Crippen LogP contribution >= 0.6 is 0 Å². The van der Waals surface area contributed by atoms with Crippen LogP contribution in [-0.2, 0) is 0 Å². The summed E-state index contributed by atoms with van der Waals surface area (Å²) in [6.45, 7) is 8.42. The minimum atomic E-state index is -0.0246. The lowest BCUT2D eigenvalue weighted by Gasteiger charge is -2.39. The van der Waals surface area contributed by atoms with Gasteiger partial charge in [0.15, 0.2) is 0 Å². The van der Waals surface area contributed by atoms with Crippen molar-refractivity contribution in [1.82, 2.24) is 14.8 Å². The summed E-state index contributed by atoms with van der Waals surface area (Å²) in [5, 5.41) is 0. The van der Waals surface area contributed by atoms with Crippen molar-refractivity contribution in [3.8, 4) is 0 Å². The third-order valence-corrected chi connectivity index (χ3v) is 6.09. The predicted octanol–water partition coefficient (Wildman–Crippen LogP) is 3.89. The molecule has 2 amide bonds. The minimum absolute atomic E-state index is 0.0240. The summed E-state index contributed by atoms with van der Waals surface area (Å²) in [5.41, 5.74) is 1.00. The fourth-order valence-corrected chi connectivity index (χ4v) is 4.57. The Bertz CT molecular complexity index is 581. The molecule has 0 unspecified atom stereocenters. The molecule has 5 heteroatoms. The Labute approximate surface area is 156 Å². The van der Waals surface area contributed by atoms with Crippen molar-refractivity contribution in [2.75, 3.05) is 0 Å². The molecule has 1 aromatic heterocycles. The second kappa shape index (κ2) is 7.77. The number of rotatable bonds is 2. The van der Waals surface area contributed by atoms with Gasteiger partial charge in [0.05, 0.1) is 5.56 Å². The molecule has 0 saturated carbocycles. The molecule has 4 atom stereocenters. The number of piperidine rings is 2. The van der Waals surface area contributed by atoms with Gasteiger partial charge in [0.1, 0.15) is 5.69 Å². The zero-order chi connectivity index (χ0) is 18.8. The van der Waals surface area contributed by atoms with E-state index < -0.39 is 0 Å². The van der Waals surface area contributed by atoms with E-state index in [0.717, 1.165) is 25.7 Å². The zero-order valence-corrected chi connectivity index (χ0v) is 16.4. The van der Waals surface area contributed by atoms with Crippen LogP contribution in [0.1, 0.15) is 87.1 Å². The van der Waals surface area contributed by atoms with E-state index in [4.69, 9.17) is 0 Å². The monoisotopic (exact) mass is 357 g/mol. The van der Waals surface area contributed by atoms with Gasteiger partial charge in [-0.25, -0.2) is 0 Å². The predicted molar refractivity (Wildman–Crippen MR) is 102 cm³/mol. The van der Waals surface area contributed by atoms with Crippen LogP contribution in [0, 0.1) is 0 Å². The highest BCUT2D eigenvalue weighted by atomic mass is 16.2. The lowest BCUT2D eigenvalue weighted by atomic mass is 9.96. The molecule has 3 rings (SSSR count). The van der Waals surface area contributed by atoms with Gasteiger partial charge >= 0.3 is 0 Å². The summed E-state index contributed by atoms with van der Waals surface area (Å²) in [5.74, 6) is -0.000634. The van der Waals surface area contributed by atoms with E-state index in [1.165, 1.54) is 12.8 Å². The van der Waals surface area contributed by atoms with Gasteiger partial charge in [0, 0.05) is 30.4 Å². The molecule has 2 aliphatic rings. The Kier molecular flexibility index (Phi) is 5.64. The quantitative estimate of drug-likeness (QED) is 0.807. The topological polar surface area (TPSA) is 53.5 Å². The highest BCUT2D eigenvalue weighted by molar-refractivity contribution is 5.96. The average Bonchev–Trinajstić information content (AvgIpc) is 2.61. The second-order valence-electron chi connectivity index (χ2n) is 8.11. The molecule has 0 radical (unpaired) electrons. The molecule has 2 saturated heterocycles. The maximum absolute atomic E-state index is 12.9. The Morgan fingerprint density at radius 2 is 1.27 bits per heavy atom. The van der Waals surface area contributed by atoms with Crippen molar-refractivity contribution in [2.24, 2.45) is 0 Å². The first-order chi connectivity index (χ1) is 12.4. The summed E-state index contributed by atoms with van der Waals surface area (Å²) in [6, 6.07) is 4.46. The number of carbonyl (C=O) groups is 2. The van der Waals surface area contributed by atoms with Gasteiger partial charge in [-0.05, 0) is 78.4 Å². The van der Waals surface area contributed by atoms with Crippen molar-refractivity contribution >= 4 is 11.8 Å². The standard InChI is InChI=1S/C21H31N3O2/c1-14-7-5-8-15(2)23(14)20(25)18-11-12-19(22-13-18)21(26)24-16(3)9-6-10-17(24)4/h11-17H,5-10H2,1-4H3/t14-,15+,16-,17-/m1/s1. The Balaban J connectivity index is 1.75. The normalized spacial score (nSPS) is 29.5. The van der Waals surface area contributed by atoms with Crippen LogP contribution in [0.25, 0.3) is 0 Å². The van der Waals surface area contributed by atoms with E-state index in [0.29, 0.717) is 11.3 Å². The van der Waals surface area contributed by atoms with Gasteiger partial charge in [0.2, 0.25) is 0 Å². The van der Waals surface area contributed by atoms with Gasteiger partial charge in [-0.3, -0.25) is 14.6 Å². The van der Waals surface area contributed by atoms with Crippen molar-refractivity contribution in [3.05, 3.63) is 29.6 Å². The fraction of sp³-hybridized carbons (Fsp3) is 0.667.